The molecular weight excluding hydrogens is 409 g/mol. The molecule has 0 aliphatic heterocycles. The maximum Gasteiger partial charge on any atom is 0.407 e. The predicted octanol–water partition coefficient (Wildman–Crippen LogP) is 5.57. The summed E-state index contributed by atoms with van der Waals surface area (Å²) in [6.45, 7) is -0.165. The molecule has 0 radical (unpaired) electrons. The van der Waals surface area contributed by atoms with E-state index in [1.165, 1.54) is 0 Å². The van der Waals surface area contributed by atoms with E-state index in [9.17, 15) is 9.90 Å². The Morgan fingerprint density at radius 2 is 1.48 bits per heavy atom. The fourth-order valence-corrected chi connectivity index (χ4v) is 4.50. The summed E-state index contributed by atoms with van der Waals surface area (Å²) in [7, 11) is 0. The SMILES string of the molecule is O=C(NC(CO)c1c(Cl)cccc1Cl)OCC1c2ccccc2-c2ccccc21. The molecule has 2 N–H and O–H groups in total. The van der Waals surface area contributed by atoms with Crippen molar-refractivity contribution in [1.82, 2.24) is 5.32 Å². The summed E-state index contributed by atoms with van der Waals surface area (Å²) < 4.78 is 5.53. The number of aliphatic hydroxyl groups excluding tert-OH is 1. The average molecular weight is 428 g/mol. The molecule has 0 fully saturated rings. The van der Waals surface area contributed by atoms with Crippen molar-refractivity contribution >= 4 is 29.3 Å². The number of carbonyl (C=O) groups is 1. The Balaban J connectivity index is 1.49. The number of amides is 1. The number of ether oxygens (including phenoxy) is 1. The van der Waals surface area contributed by atoms with Crippen LogP contribution in [0.5, 0.6) is 0 Å². The van der Waals surface area contributed by atoms with E-state index in [4.69, 9.17) is 27.9 Å². The van der Waals surface area contributed by atoms with Gasteiger partial charge in [-0.3, -0.25) is 0 Å². The standard InChI is InChI=1S/C23H19Cl2NO3/c24-19-10-5-11-20(25)22(19)21(12-27)26-23(28)29-13-18-16-8-3-1-6-14(16)15-7-2-4-9-17(15)18/h1-11,18,21,27H,12-13H2,(H,26,28). The molecule has 29 heavy (non-hydrogen) atoms. The zero-order valence-electron chi connectivity index (χ0n) is 15.4. The van der Waals surface area contributed by atoms with Crippen molar-refractivity contribution in [3.8, 4) is 11.1 Å². The molecule has 148 valence electrons. The Morgan fingerprint density at radius 3 is 2.03 bits per heavy atom. The molecule has 1 atom stereocenters. The molecule has 4 rings (SSSR count). The summed E-state index contributed by atoms with van der Waals surface area (Å²) in [6, 6.07) is 20.5. The van der Waals surface area contributed by atoms with Crippen LogP contribution in [-0.2, 0) is 4.74 Å². The molecule has 0 saturated heterocycles. The van der Waals surface area contributed by atoms with Crippen molar-refractivity contribution in [2.45, 2.75) is 12.0 Å². The molecule has 1 unspecified atom stereocenters. The molecule has 4 nitrogen and oxygen atoms in total. The maximum absolute atomic E-state index is 12.5. The second-order valence-electron chi connectivity index (χ2n) is 6.84. The smallest absolute Gasteiger partial charge is 0.407 e. The van der Waals surface area contributed by atoms with E-state index in [0.29, 0.717) is 15.6 Å². The van der Waals surface area contributed by atoms with E-state index < -0.39 is 12.1 Å². The quantitative estimate of drug-likeness (QED) is 0.559. The van der Waals surface area contributed by atoms with Gasteiger partial charge in [-0.05, 0) is 34.4 Å². The molecule has 0 spiro atoms. The lowest BCUT2D eigenvalue weighted by Crippen LogP contribution is -2.32. The van der Waals surface area contributed by atoms with Gasteiger partial charge in [0.05, 0.1) is 12.6 Å². The van der Waals surface area contributed by atoms with E-state index in [0.717, 1.165) is 22.3 Å². The van der Waals surface area contributed by atoms with Crippen LogP contribution in [0.4, 0.5) is 4.79 Å². The van der Waals surface area contributed by atoms with Gasteiger partial charge in [0, 0.05) is 21.5 Å². The lowest BCUT2D eigenvalue weighted by atomic mass is 9.98. The van der Waals surface area contributed by atoms with Gasteiger partial charge in [-0.15, -0.1) is 0 Å². The number of hydrogen-bond acceptors (Lipinski definition) is 3. The second-order valence-corrected chi connectivity index (χ2v) is 7.65. The normalized spacial score (nSPS) is 13.5. The van der Waals surface area contributed by atoms with Crippen LogP contribution >= 0.6 is 23.2 Å². The Hall–Kier alpha value is -2.53. The topological polar surface area (TPSA) is 58.6 Å². The Bertz CT molecular complexity index is 988. The summed E-state index contributed by atoms with van der Waals surface area (Å²) in [5, 5.41) is 13.1. The summed E-state index contributed by atoms with van der Waals surface area (Å²) in [6.07, 6.45) is -0.637. The van der Waals surface area contributed by atoms with Gasteiger partial charge in [-0.2, -0.15) is 0 Å². The van der Waals surface area contributed by atoms with Crippen LogP contribution < -0.4 is 5.32 Å². The van der Waals surface area contributed by atoms with Crippen molar-refractivity contribution in [3.63, 3.8) is 0 Å². The summed E-state index contributed by atoms with van der Waals surface area (Å²) in [4.78, 5) is 12.5. The van der Waals surface area contributed by atoms with E-state index >= 15 is 0 Å². The summed E-state index contributed by atoms with van der Waals surface area (Å²) in [5.41, 5.74) is 5.05. The molecular formula is C23H19Cl2NO3. The van der Waals surface area contributed by atoms with E-state index in [1.54, 1.807) is 18.2 Å². The van der Waals surface area contributed by atoms with Gasteiger partial charge in [-0.1, -0.05) is 77.8 Å². The fraction of sp³-hybridized carbons (Fsp3) is 0.174. The van der Waals surface area contributed by atoms with Crippen LogP contribution in [0.2, 0.25) is 10.0 Å². The van der Waals surface area contributed by atoms with Crippen molar-refractivity contribution in [2.75, 3.05) is 13.2 Å². The van der Waals surface area contributed by atoms with E-state index in [2.05, 4.69) is 29.6 Å². The maximum atomic E-state index is 12.5. The number of aliphatic hydroxyl groups is 1. The van der Waals surface area contributed by atoms with E-state index in [-0.39, 0.29) is 19.1 Å². The largest absolute Gasteiger partial charge is 0.449 e. The zero-order valence-corrected chi connectivity index (χ0v) is 17.0. The minimum Gasteiger partial charge on any atom is -0.449 e. The summed E-state index contributed by atoms with van der Waals surface area (Å²) in [5.74, 6) is -0.0374. The number of alkyl carbamates (subject to hydrolysis) is 1. The first kappa shape index (κ1) is 19.8. The van der Waals surface area contributed by atoms with Crippen LogP contribution in [0, 0.1) is 0 Å². The number of carbonyl (C=O) groups excluding carboxylic acids is 1. The number of hydrogen-bond donors (Lipinski definition) is 2. The van der Waals surface area contributed by atoms with Crippen LogP contribution in [0.1, 0.15) is 28.7 Å². The number of benzene rings is 3. The van der Waals surface area contributed by atoms with E-state index in [1.807, 2.05) is 24.3 Å². The first-order chi connectivity index (χ1) is 14.1. The molecule has 3 aromatic carbocycles. The third-order valence-electron chi connectivity index (χ3n) is 5.17. The lowest BCUT2D eigenvalue weighted by Gasteiger charge is -2.20. The molecule has 1 amide bonds. The predicted molar refractivity (Wildman–Crippen MR) is 114 cm³/mol. The Kier molecular flexibility index (Phi) is 5.76. The van der Waals surface area contributed by atoms with Gasteiger partial charge in [0.2, 0.25) is 0 Å². The fourth-order valence-electron chi connectivity index (χ4n) is 3.84. The molecule has 0 saturated carbocycles. The third-order valence-corrected chi connectivity index (χ3v) is 5.83. The van der Waals surface area contributed by atoms with Crippen molar-refractivity contribution in [1.29, 1.82) is 0 Å². The molecule has 0 bridgehead atoms. The first-order valence-corrected chi connectivity index (χ1v) is 10.0. The minimum absolute atomic E-state index is 0.0374. The highest BCUT2D eigenvalue weighted by Gasteiger charge is 2.29. The molecule has 1 aliphatic carbocycles. The Morgan fingerprint density at radius 1 is 0.931 bits per heavy atom. The summed E-state index contributed by atoms with van der Waals surface area (Å²) >= 11 is 12.4. The van der Waals surface area contributed by atoms with Gasteiger partial charge in [0.25, 0.3) is 0 Å². The first-order valence-electron chi connectivity index (χ1n) is 9.26. The van der Waals surface area contributed by atoms with Gasteiger partial charge < -0.3 is 15.2 Å². The van der Waals surface area contributed by atoms with Crippen LogP contribution in [-0.4, -0.2) is 24.4 Å². The Labute approximate surface area is 179 Å². The van der Waals surface area contributed by atoms with Gasteiger partial charge in [0.1, 0.15) is 6.61 Å². The minimum atomic E-state index is -0.758. The van der Waals surface area contributed by atoms with Gasteiger partial charge in [-0.25, -0.2) is 4.79 Å². The zero-order chi connectivity index (χ0) is 20.4. The van der Waals surface area contributed by atoms with Crippen molar-refractivity contribution in [2.24, 2.45) is 0 Å². The lowest BCUT2D eigenvalue weighted by molar-refractivity contribution is 0.132. The number of rotatable bonds is 5. The number of halogens is 2. The molecule has 0 heterocycles. The highest BCUT2D eigenvalue weighted by Crippen LogP contribution is 2.44. The molecule has 6 heteroatoms. The second kappa shape index (κ2) is 8.46. The van der Waals surface area contributed by atoms with Gasteiger partial charge in [0.15, 0.2) is 0 Å². The third kappa shape index (κ3) is 3.84. The van der Waals surface area contributed by atoms with Crippen LogP contribution in [0.3, 0.4) is 0 Å². The van der Waals surface area contributed by atoms with Crippen LogP contribution in [0.25, 0.3) is 11.1 Å². The number of nitrogens with one attached hydrogen (secondary N) is 1. The highest BCUT2D eigenvalue weighted by molar-refractivity contribution is 6.36. The molecule has 1 aliphatic rings. The van der Waals surface area contributed by atoms with Crippen LogP contribution in [0.15, 0.2) is 66.7 Å². The molecule has 3 aromatic rings. The number of fused-ring (bicyclic) bond motifs is 3. The molecule has 0 aromatic heterocycles. The monoisotopic (exact) mass is 427 g/mol. The van der Waals surface area contributed by atoms with Crippen molar-refractivity contribution < 1.29 is 14.6 Å². The average Bonchev–Trinajstić information content (AvgIpc) is 3.05. The van der Waals surface area contributed by atoms with Gasteiger partial charge >= 0.3 is 6.09 Å². The van der Waals surface area contributed by atoms with Crippen molar-refractivity contribution in [3.05, 3.63) is 93.5 Å². The highest BCUT2D eigenvalue weighted by atomic mass is 35.5.